The maximum Gasteiger partial charge on any atom is 0.255 e. The monoisotopic (exact) mass is 292 g/mol. The van der Waals surface area contributed by atoms with Gasteiger partial charge in [-0.3, -0.25) is 5.14 Å². The summed E-state index contributed by atoms with van der Waals surface area (Å²) in [6.45, 7) is 0. The molecule has 0 fully saturated rings. The number of aromatic nitrogens is 4. The number of halogens is 1. The third-order valence-corrected chi connectivity index (χ3v) is 3.22. The van der Waals surface area contributed by atoms with Crippen molar-refractivity contribution < 1.29 is 0 Å². The molecule has 2 heterocycles. The predicted octanol–water partition coefficient (Wildman–Crippen LogP) is 2.49. The van der Waals surface area contributed by atoms with Gasteiger partial charge in [0.25, 0.3) is 5.78 Å². The number of rotatable bonds is 3. The highest BCUT2D eigenvalue weighted by atomic mass is 35.5. The molecule has 3 rings (SSSR count). The van der Waals surface area contributed by atoms with Crippen LogP contribution in [0, 0.1) is 0 Å². The highest BCUT2D eigenvalue weighted by Crippen LogP contribution is 2.21. The molecule has 19 heavy (non-hydrogen) atoms. The molecule has 0 radical (unpaired) electrons. The van der Waals surface area contributed by atoms with Crippen molar-refractivity contribution >= 4 is 40.8 Å². The van der Waals surface area contributed by atoms with E-state index < -0.39 is 0 Å². The van der Waals surface area contributed by atoms with Gasteiger partial charge in [0.2, 0.25) is 0 Å². The van der Waals surface area contributed by atoms with Gasteiger partial charge < -0.3 is 5.32 Å². The van der Waals surface area contributed by atoms with Crippen LogP contribution in [0.4, 0.5) is 11.5 Å². The SMILES string of the molecule is NSc1ccc(Nc2cc(Cl)nc3ncnn23)cc1. The molecule has 0 saturated carbocycles. The summed E-state index contributed by atoms with van der Waals surface area (Å²) in [6.07, 6.45) is 1.43. The van der Waals surface area contributed by atoms with Crippen LogP contribution in [-0.4, -0.2) is 19.6 Å². The Labute approximate surface area is 118 Å². The number of nitrogens with two attached hydrogens (primary N) is 1. The number of nitrogens with zero attached hydrogens (tertiary/aromatic N) is 4. The Morgan fingerprint density at radius 1 is 1.26 bits per heavy atom. The Morgan fingerprint density at radius 3 is 2.79 bits per heavy atom. The van der Waals surface area contributed by atoms with Gasteiger partial charge in [0, 0.05) is 16.6 Å². The lowest BCUT2D eigenvalue weighted by atomic mass is 10.3. The number of hydrogen-bond acceptors (Lipinski definition) is 6. The van der Waals surface area contributed by atoms with Crippen LogP contribution in [0.5, 0.6) is 0 Å². The number of hydrogen-bond donors (Lipinski definition) is 2. The fourth-order valence-electron chi connectivity index (χ4n) is 1.64. The second-order valence-electron chi connectivity index (χ2n) is 3.70. The minimum atomic E-state index is 0.358. The molecule has 3 N–H and O–H groups in total. The Hall–Kier alpha value is -1.83. The summed E-state index contributed by atoms with van der Waals surface area (Å²) in [5.74, 6) is 1.14. The van der Waals surface area contributed by atoms with Crippen molar-refractivity contribution in [3.05, 3.63) is 41.8 Å². The molecule has 0 aliphatic rings. The number of nitrogens with one attached hydrogen (secondary N) is 1. The van der Waals surface area contributed by atoms with Crippen molar-refractivity contribution in [2.24, 2.45) is 5.14 Å². The van der Waals surface area contributed by atoms with E-state index in [0.717, 1.165) is 10.6 Å². The van der Waals surface area contributed by atoms with Gasteiger partial charge in [-0.1, -0.05) is 11.6 Å². The highest BCUT2D eigenvalue weighted by Gasteiger charge is 2.06. The number of anilines is 2. The quantitative estimate of drug-likeness (QED) is 0.570. The van der Waals surface area contributed by atoms with Crippen LogP contribution in [0.25, 0.3) is 5.78 Å². The second kappa shape index (κ2) is 5.04. The van der Waals surface area contributed by atoms with E-state index in [1.165, 1.54) is 18.3 Å². The zero-order valence-electron chi connectivity index (χ0n) is 9.62. The lowest BCUT2D eigenvalue weighted by Crippen LogP contribution is -2.01. The van der Waals surface area contributed by atoms with Gasteiger partial charge in [-0.05, 0) is 36.2 Å². The van der Waals surface area contributed by atoms with E-state index in [1.54, 1.807) is 10.6 Å². The lowest BCUT2D eigenvalue weighted by molar-refractivity contribution is 0.947. The van der Waals surface area contributed by atoms with E-state index in [2.05, 4.69) is 20.4 Å². The van der Waals surface area contributed by atoms with Gasteiger partial charge in [0.05, 0.1) is 0 Å². The van der Waals surface area contributed by atoms with Crippen molar-refractivity contribution in [1.82, 2.24) is 19.6 Å². The van der Waals surface area contributed by atoms with Crippen LogP contribution in [0.15, 0.2) is 41.6 Å². The molecule has 0 spiro atoms. The van der Waals surface area contributed by atoms with E-state index in [-0.39, 0.29) is 0 Å². The number of benzene rings is 1. The molecule has 2 aromatic heterocycles. The van der Waals surface area contributed by atoms with Crippen molar-refractivity contribution in [2.75, 3.05) is 5.32 Å². The van der Waals surface area contributed by atoms with Crippen LogP contribution in [0.2, 0.25) is 5.15 Å². The van der Waals surface area contributed by atoms with Crippen LogP contribution >= 0.6 is 23.5 Å². The molecule has 0 atom stereocenters. The molecule has 0 aliphatic heterocycles. The molecule has 6 nitrogen and oxygen atoms in total. The number of fused-ring (bicyclic) bond motifs is 1. The maximum atomic E-state index is 5.94. The van der Waals surface area contributed by atoms with Crippen molar-refractivity contribution in [1.29, 1.82) is 0 Å². The van der Waals surface area contributed by atoms with Crippen LogP contribution in [-0.2, 0) is 0 Å². The summed E-state index contributed by atoms with van der Waals surface area (Å²) in [4.78, 5) is 9.06. The Kier molecular flexibility index (Phi) is 3.24. The topological polar surface area (TPSA) is 81.1 Å². The van der Waals surface area contributed by atoms with Crippen LogP contribution in [0.3, 0.4) is 0 Å². The lowest BCUT2D eigenvalue weighted by Gasteiger charge is -2.08. The van der Waals surface area contributed by atoms with E-state index in [1.807, 2.05) is 24.3 Å². The first-order valence-corrected chi connectivity index (χ1v) is 6.62. The summed E-state index contributed by atoms with van der Waals surface area (Å²) in [5.41, 5.74) is 0.900. The van der Waals surface area contributed by atoms with Crippen molar-refractivity contribution in [2.45, 2.75) is 4.90 Å². The summed E-state index contributed by atoms with van der Waals surface area (Å²) < 4.78 is 1.58. The largest absolute Gasteiger partial charge is 0.340 e. The fraction of sp³-hybridized carbons (Fsp3) is 0. The predicted molar refractivity (Wildman–Crippen MR) is 75.6 cm³/mol. The molecule has 0 bridgehead atoms. The minimum Gasteiger partial charge on any atom is -0.340 e. The molecular weight excluding hydrogens is 284 g/mol. The minimum absolute atomic E-state index is 0.358. The molecule has 0 amide bonds. The molecule has 8 heteroatoms. The Bertz CT molecular complexity index is 711. The second-order valence-corrected chi connectivity index (χ2v) is 4.80. The zero-order chi connectivity index (χ0) is 13.2. The first kappa shape index (κ1) is 12.2. The van der Waals surface area contributed by atoms with Gasteiger partial charge in [-0.25, -0.2) is 0 Å². The third kappa shape index (κ3) is 2.48. The van der Waals surface area contributed by atoms with E-state index in [9.17, 15) is 0 Å². The van der Waals surface area contributed by atoms with E-state index in [4.69, 9.17) is 16.7 Å². The Balaban J connectivity index is 1.97. The molecule has 3 aromatic rings. The average molecular weight is 293 g/mol. The summed E-state index contributed by atoms with van der Waals surface area (Å²) >= 11 is 7.15. The van der Waals surface area contributed by atoms with Crippen molar-refractivity contribution in [3.8, 4) is 0 Å². The molecule has 96 valence electrons. The Morgan fingerprint density at radius 2 is 2.05 bits per heavy atom. The first-order chi connectivity index (χ1) is 9.26. The van der Waals surface area contributed by atoms with Gasteiger partial charge in [-0.15, -0.1) is 0 Å². The van der Waals surface area contributed by atoms with Crippen LogP contribution < -0.4 is 10.5 Å². The van der Waals surface area contributed by atoms with Crippen LogP contribution in [0.1, 0.15) is 0 Å². The van der Waals surface area contributed by atoms with Gasteiger partial charge >= 0.3 is 0 Å². The molecular formula is C11H9ClN6S. The molecule has 0 unspecified atom stereocenters. The molecule has 0 aliphatic carbocycles. The van der Waals surface area contributed by atoms with Gasteiger partial charge in [0.1, 0.15) is 17.3 Å². The molecule has 1 aromatic carbocycles. The zero-order valence-corrected chi connectivity index (χ0v) is 11.2. The van der Waals surface area contributed by atoms with E-state index in [0.29, 0.717) is 16.7 Å². The summed E-state index contributed by atoms with van der Waals surface area (Å²) in [5, 5.41) is 13.1. The fourth-order valence-corrected chi connectivity index (χ4v) is 2.11. The smallest absolute Gasteiger partial charge is 0.255 e. The van der Waals surface area contributed by atoms with Crippen molar-refractivity contribution in [3.63, 3.8) is 0 Å². The highest BCUT2D eigenvalue weighted by molar-refractivity contribution is 7.97. The normalized spacial score (nSPS) is 10.8. The van der Waals surface area contributed by atoms with Gasteiger partial charge in [-0.2, -0.15) is 19.6 Å². The molecule has 0 saturated heterocycles. The van der Waals surface area contributed by atoms with E-state index >= 15 is 0 Å². The maximum absolute atomic E-state index is 5.94. The average Bonchev–Trinajstić information content (AvgIpc) is 2.88. The van der Waals surface area contributed by atoms with Gasteiger partial charge in [0.15, 0.2) is 0 Å². The summed E-state index contributed by atoms with van der Waals surface area (Å²) in [7, 11) is 0. The third-order valence-electron chi connectivity index (χ3n) is 2.48. The first-order valence-electron chi connectivity index (χ1n) is 5.36. The standard InChI is InChI=1S/C11H9ClN6S/c12-9-5-10(18-11(17-9)14-6-15-18)16-7-1-3-8(19-13)4-2-7/h1-6,16H,13H2. The summed E-state index contributed by atoms with van der Waals surface area (Å²) in [6, 6.07) is 9.38.